The molecule has 0 aliphatic carbocycles. The second kappa shape index (κ2) is 6.12. The minimum absolute atomic E-state index is 0.209. The topological polar surface area (TPSA) is 142 Å². The highest BCUT2D eigenvalue weighted by Gasteiger charge is 2.53. The van der Waals surface area contributed by atoms with Gasteiger partial charge in [0, 0.05) is 0 Å². The molecule has 0 bridgehead atoms. The van der Waals surface area contributed by atoms with E-state index in [1.54, 1.807) is 13.8 Å². The fourth-order valence-corrected chi connectivity index (χ4v) is 1.65. The van der Waals surface area contributed by atoms with Gasteiger partial charge in [-0.15, -0.1) is 0 Å². The molecule has 112 valence electrons. The molecule has 0 aromatic rings. The summed E-state index contributed by atoms with van der Waals surface area (Å²) in [6.45, 7) is 2.15. The molecule has 0 aromatic carbocycles. The second-order valence-electron chi connectivity index (χ2n) is 4.97. The molecule has 0 radical (unpaired) electrons. The Labute approximate surface area is 110 Å². The summed E-state index contributed by atoms with van der Waals surface area (Å²) in [5, 5.41) is 38.0. The molecular weight excluding hydrogens is 258 g/mol. The van der Waals surface area contributed by atoms with Crippen LogP contribution in [0.4, 0.5) is 0 Å². The largest absolute Gasteiger partial charge is 0.426 e. The number of carbonyl (C=O) groups excluding carboxylic acids is 1. The van der Waals surface area contributed by atoms with Crippen molar-refractivity contribution >= 4 is 5.97 Å². The van der Waals surface area contributed by atoms with Gasteiger partial charge < -0.3 is 35.6 Å². The molecule has 1 rings (SSSR count). The van der Waals surface area contributed by atoms with Crippen LogP contribution in [0.25, 0.3) is 0 Å². The molecule has 2 unspecified atom stereocenters. The van der Waals surface area contributed by atoms with Crippen LogP contribution in [0.1, 0.15) is 13.8 Å². The van der Waals surface area contributed by atoms with Gasteiger partial charge in [0.1, 0.15) is 24.9 Å². The molecule has 0 amide bonds. The van der Waals surface area contributed by atoms with E-state index < -0.39 is 42.7 Å². The molecule has 0 spiro atoms. The molecule has 1 heterocycles. The minimum atomic E-state index is -2.11. The van der Waals surface area contributed by atoms with Crippen molar-refractivity contribution in [2.24, 2.45) is 11.7 Å². The zero-order valence-corrected chi connectivity index (χ0v) is 10.9. The van der Waals surface area contributed by atoms with E-state index in [9.17, 15) is 25.2 Å². The van der Waals surface area contributed by atoms with E-state index in [1.807, 2.05) is 0 Å². The molecule has 1 aliphatic rings. The smallest absolute Gasteiger partial charge is 0.325 e. The highest BCUT2D eigenvalue weighted by atomic mass is 16.7. The third-order valence-electron chi connectivity index (χ3n) is 3.15. The molecule has 6 N–H and O–H groups in total. The maximum Gasteiger partial charge on any atom is 0.325 e. The van der Waals surface area contributed by atoms with E-state index >= 15 is 0 Å². The standard InChI is InChI=1S/C11H21NO7/c1-5(2)7(12)10(17)19-11(4-13)9(16)8(15)6(14)3-18-11/h5-9,13-16H,3-4,12H2,1-2H3/t6-,7?,8-,9+,11?/m1/s1. The Kier molecular flexibility index (Phi) is 5.25. The fourth-order valence-electron chi connectivity index (χ4n) is 1.65. The minimum Gasteiger partial charge on any atom is -0.426 e. The van der Waals surface area contributed by atoms with Gasteiger partial charge in [-0.2, -0.15) is 0 Å². The van der Waals surface area contributed by atoms with Gasteiger partial charge in [0.05, 0.1) is 6.61 Å². The predicted octanol–water partition coefficient (Wildman–Crippen LogP) is -2.69. The van der Waals surface area contributed by atoms with E-state index in [0.717, 1.165) is 0 Å². The summed E-state index contributed by atoms with van der Waals surface area (Å²) in [5.41, 5.74) is 5.59. The lowest BCUT2D eigenvalue weighted by Gasteiger charge is -2.43. The maximum absolute atomic E-state index is 11.8. The Hall–Kier alpha value is -0.770. The number of esters is 1. The first kappa shape index (κ1) is 16.3. The first-order valence-corrected chi connectivity index (χ1v) is 6.02. The predicted molar refractivity (Wildman–Crippen MR) is 62.7 cm³/mol. The lowest BCUT2D eigenvalue weighted by molar-refractivity contribution is -0.336. The summed E-state index contributed by atoms with van der Waals surface area (Å²) in [7, 11) is 0. The Balaban J connectivity index is 2.84. The summed E-state index contributed by atoms with van der Waals surface area (Å²) < 4.78 is 9.93. The van der Waals surface area contributed by atoms with Crippen molar-refractivity contribution in [1.29, 1.82) is 0 Å². The number of rotatable bonds is 4. The first-order chi connectivity index (χ1) is 8.75. The van der Waals surface area contributed by atoms with Crippen molar-refractivity contribution in [2.45, 2.75) is 44.0 Å². The zero-order chi connectivity index (χ0) is 14.8. The average Bonchev–Trinajstić information content (AvgIpc) is 2.38. The number of hydrogen-bond donors (Lipinski definition) is 5. The summed E-state index contributed by atoms with van der Waals surface area (Å²) in [5.74, 6) is -3.19. The summed E-state index contributed by atoms with van der Waals surface area (Å²) >= 11 is 0. The van der Waals surface area contributed by atoms with Gasteiger partial charge in [-0.05, 0) is 5.92 Å². The molecule has 0 saturated carbocycles. The van der Waals surface area contributed by atoms with Gasteiger partial charge in [-0.3, -0.25) is 4.79 Å². The Morgan fingerprint density at radius 2 is 2.05 bits per heavy atom. The summed E-state index contributed by atoms with van der Waals surface area (Å²) in [6.07, 6.45) is -4.69. The highest BCUT2D eigenvalue weighted by molar-refractivity contribution is 5.76. The van der Waals surface area contributed by atoms with E-state index in [4.69, 9.17) is 15.2 Å². The van der Waals surface area contributed by atoms with Gasteiger partial charge in [0.2, 0.25) is 0 Å². The quantitative estimate of drug-likeness (QED) is 0.350. The molecule has 1 fully saturated rings. The molecule has 8 heteroatoms. The normalized spacial score (nSPS) is 37.2. The SMILES string of the molecule is CC(C)C(N)C(=O)OC1(CO)OC[C@@H](O)[C@@H](O)[C@@H]1O. The molecule has 5 atom stereocenters. The van der Waals surface area contributed by atoms with Crippen molar-refractivity contribution in [3.8, 4) is 0 Å². The maximum atomic E-state index is 11.8. The van der Waals surface area contributed by atoms with Crippen LogP contribution in [0.2, 0.25) is 0 Å². The van der Waals surface area contributed by atoms with Crippen molar-refractivity contribution in [1.82, 2.24) is 0 Å². The van der Waals surface area contributed by atoms with Crippen molar-refractivity contribution in [3.63, 3.8) is 0 Å². The van der Waals surface area contributed by atoms with Crippen molar-refractivity contribution in [3.05, 3.63) is 0 Å². The van der Waals surface area contributed by atoms with Gasteiger partial charge in [0.25, 0.3) is 5.79 Å². The number of ether oxygens (including phenoxy) is 2. The van der Waals surface area contributed by atoms with E-state index in [0.29, 0.717) is 0 Å². The van der Waals surface area contributed by atoms with Crippen LogP contribution in [-0.2, 0) is 14.3 Å². The van der Waals surface area contributed by atoms with Crippen LogP contribution in [0, 0.1) is 5.92 Å². The van der Waals surface area contributed by atoms with Crippen LogP contribution in [0.15, 0.2) is 0 Å². The Bertz CT molecular complexity index is 324. The molecule has 0 aromatic heterocycles. The highest BCUT2D eigenvalue weighted by Crippen LogP contribution is 2.28. The third-order valence-corrected chi connectivity index (χ3v) is 3.15. The van der Waals surface area contributed by atoms with Gasteiger partial charge >= 0.3 is 5.97 Å². The monoisotopic (exact) mass is 279 g/mol. The average molecular weight is 279 g/mol. The van der Waals surface area contributed by atoms with Crippen LogP contribution in [0.5, 0.6) is 0 Å². The van der Waals surface area contributed by atoms with E-state index in [1.165, 1.54) is 0 Å². The molecule has 19 heavy (non-hydrogen) atoms. The van der Waals surface area contributed by atoms with Gasteiger partial charge in [0.15, 0.2) is 6.10 Å². The molecule has 1 saturated heterocycles. The number of aliphatic hydroxyl groups excluding tert-OH is 4. The number of carbonyl (C=O) groups is 1. The van der Waals surface area contributed by atoms with Gasteiger partial charge in [-0.1, -0.05) is 13.8 Å². The lowest BCUT2D eigenvalue weighted by atomic mass is 9.97. The summed E-state index contributed by atoms with van der Waals surface area (Å²) in [6, 6.07) is -0.955. The zero-order valence-electron chi connectivity index (χ0n) is 10.9. The fraction of sp³-hybridized carbons (Fsp3) is 0.909. The number of nitrogens with two attached hydrogens (primary N) is 1. The van der Waals surface area contributed by atoms with Crippen LogP contribution >= 0.6 is 0 Å². The second-order valence-corrected chi connectivity index (χ2v) is 4.97. The molecular formula is C11H21NO7. The van der Waals surface area contributed by atoms with Crippen LogP contribution in [-0.4, -0.2) is 69.8 Å². The lowest BCUT2D eigenvalue weighted by Crippen LogP contribution is -2.65. The molecule has 8 nitrogen and oxygen atoms in total. The van der Waals surface area contributed by atoms with Crippen molar-refractivity contribution < 1.29 is 34.7 Å². The van der Waals surface area contributed by atoms with Gasteiger partial charge in [-0.25, -0.2) is 0 Å². The summed E-state index contributed by atoms with van der Waals surface area (Å²) in [4.78, 5) is 11.8. The van der Waals surface area contributed by atoms with Crippen LogP contribution < -0.4 is 5.73 Å². The third kappa shape index (κ3) is 3.22. The van der Waals surface area contributed by atoms with E-state index in [-0.39, 0.29) is 12.5 Å². The molecule has 1 aliphatic heterocycles. The number of aliphatic hydroxyl groups is 4. The Morgan fingerprint density at radius 3 is 2.53 bits per heavy atom. The Morgan fingerprint density at radius 1 is 1.47 bits per heavy atom. The first-order valence-electron chi connectivity index (χ1n) is 6.02. The van der Waals surface area contributed by atoms with Crippen LogP contribution in [0.3, 0.4) is 0 Å². The van der Waals surface area contributed by atoms with Crippen molar-refractivity contribution in [2.75, 3.05) is 13.2 Å². The van der Waals surface area contributed by atoms with E-state index in [2.05, 4.69) is 0 Å². The number of hydrogen-bond acceptors (Lipinski definition) is 8.